The van der Waals surface area contributed by atoms with Crippen molar-refractivity contribution in [3.05, 3.63) is 93.8 Å². The van der Waals surface area contributed by atoms with Gasteiger partial charge in [-0.1, -0.05) is 67.0 Å². The van der Waals surface area contributed by atoms with Crippen molar-refractivity contribution < 1.29 is 4.39 Å². The maximum absolute atomic E-state index is 12.2. The molecule has 0 saturated carbocycles. The smallest absolute Gasteiger partial charge is 0.183 e. The van der Waals surface area contributed by atoms with E-state index in [-0.39, 0.29) is 0 Å². The molecule has 0 aromatic carbocycles. The first-order valence-corrected chi connectivity index (χ1v) is 13.7. The summed E-state index contributed by atoms with van der Waals surface area (Å²) in [6, 6.07) is 10.9. The Labute approximate surface area is 243 Å². The standard InChI is InChI=1S/2C8H12N2.C7H9ClN2.C7H9FN2/c1-6(2)8-4-7(3)5-9-10-8;1-6(2)8-5-4-7(3)9-10-8;1-5(2)7-3-6(8)4-9-10-7;1-5(2)6-3-4-7(8)10-9-6/h2*4-6H,1-3H3;2*3-5H,1-2H3. The lowest BCUT2D eigenvalue weighted by atomic mass is 10.1. The zero-order valence-corrected chi connectivity index (χ0v) is 26.0. The first-order valence-electron chi connectivity index (χ1n) is 13.4. The molecule has 216 valence electrons. The van der Waals surface area contributed by atoms with Gasteiger partial charge in [0.2, 0.25) is 5.95 Å². The Kier molecular flexibility index (Phi) is 15.6. The lowest BCUT2D eigenvalue weighted by Gasteiger charge is -2.01. The van der Waals surface area contributed by atoms with Gasteiger partial charge in [-0.05, 0) is 79.5 Å². The van der Waals surface area contributed by atoms with Crippen molar-refractivity contribution >= 4 is 11.6 Å². The van der Waals surface area contributed by atoms with Crippen LogP contribution in [0.5, 0.6) is 0 Å². The van der Waals surface area contributed by atoms with E-state index in [4.69, 9.17) is 11.6 Å². The first kappa shape index (κ1) is 34.6. The van der Waals surface area contributed by atoms with E-state index < -0.39 is 5.95 Å². The Bertz CT molecular complexity index is 1150. The predicted octanol–water partition coefficient (Wildman–Crippen LogP) is 7.81. The molecule has 8 nitrogen and oxygen atoms in total. The molecule has 0 bridgehead atoms. The van der Waals surface area contributed by atoms with Crippen molar-refractivity contribution in [2.24, 2.45) is 0 Å². The average molecular weight is 569 g/mol. The lowest BCUT2D eigenvalue weighted by Crippen LogP contribution is -1.95. The van der Waals surface area contributed by atoms with Crippen LogP contribution in [0.25, 0.3) is 0 Å². The molecule has 0 atom stereocenters. The molecule has 0 amide bonds. The number of halogens is 2. The summed E-state index contributed by atoms with van der Waals surface area (Å²) >= 11 is 5.69. The van der Waals surface area contributed by atoms with Crippen LogP contribution in [0.1, 0.15) is 113 Å². The molecule has 0 radical (unpaired) electrons. The Morgan fingerprint density at radius 3 is 1.38 bits per heavy atom. The Hall–Kier alpha value is -3.46. The summed E-state index contributed by atoms with van der Waals surface area (Å²) in [6.07, 6.45) is 3.30. The second-order valence-corrected chi connectivity index (χ2v) is 10.9. The highest BCUT2D eigenvalue weighted by atomic mass is 35.5. The molecule has 0 unspecified atom stereocenters. The van der Waals surface area contributed by atoms with Crippen LogP contribution in [0, 0.1) is 19.8 Å². The predicted molar refractivity (Wildman–Crippen MR) is 159 cm³/mol. The Balaban J connectivity index is 0.000000267. The van der Waals surface area contributed by atoms with Crippen LogP contribution in [-0.4, -0.2) is 40.8 Å². The molecule has 4 aromatic rings. The third-order valence-corrected chi connectivity index (χ3v) is 5.49. The highest BCUT2D eigenvalue weighted by Gasteiger charge is 2.02. The summed E-state index contributed by atoms with van der Waals surface area (Å²) < 4.78 is 12.2. The van der Waals surface area contributed by atoms with Gasteiger partial charge in [-0.25, -0.2) is 0 Å². The molecule has 4 heterocycles. The minimum absolute atomic E-state index is 0.313. The third-order valence-electron chi connectivity index (χ3n) is 5.29. The van der Waals surface area contributed by atoms with Crippen molar-refractivity contribution in [3.8, 4) is 0 Å². The molecule has 0 N–H and O–H groups in total. The van der Waals surface area contributed by atoms with Crippen LogP contribution in [0.15, 0.2) is 48.8 Å². The zero-order chi connectivity index (χ0) is 30.2. The van der Waals surface area contributed by atoms with Crippen LogP contribution < -0.4 is 0 Å². The molecule has 0 aliphatic carbocycles. The normalized spacial score (nSPS) is 10.4. The fourth-order valence-corrected chi connectivity index (χ4v) is 2.92. The van der Waals surface area contributed by atoms with Gasteiger partial charge < -0.3 is 0 Å². The number of hydrogen-bond donors (Lipinski definition) is 0. The first-order chi connectivity index (χ1) is 18.8. The van der Waals surface area contributed by atoms with Gasteiger partial charge in [0.15, 0.2) is 0 Å². The summed E-state index contributed by atoms with van der Waals surface area (Å²) in [5.74, 6) is 1.14. The monoisotopic (exact) mass is 568 g/mol. The second kappa shape index (κ2) is 18.0. The highest BCUT2D eigenvalue weighted by molar-refractivity contribution is 6.30. The quantitative estimate of drug-likeness (QED) is 0.245. The van der Waals surface area contributed by atoms with Gasteiger partial charge in [0.1, 0.15) is 0 Å². The van der Waals surface area contributed by atoms with Gasteiger partial charge in [0.25, 0.3) is 0 Å². The Morgan fingerprint density at radius 2 is 1.02 bits per heavy atom. The van der Waals surface area contributed by atoms with E-state index in [0.29, 0.717) is 28.7 Å². The van der Waals surface area contributed by atoms with Crippen LogP contribution in [0.2, 0.25) is 5.02 Å². The molecule has 0 aliphatic heterocycles. The molecule has 40 heavy (non-hydrogen) atoms. The molecule has 0 saturated heterocycles. The van der Waals surface area contributed by atoms with E-state index in [1.54, 1.807) is 12.3 Å². The van der Waals surface area contributed by atoms with E-state index in [1.165, 1.54) is 17.8 Å². The molecule has 10 heteroatoms. The molecular weight excluding hydrogens is 527 g/mol. The van der Waals surface area contributed by atoms with E-state index in [1.807, 2.05) is 45.9 Å². The molecular formula is C30H42ClFN8. The van der Waals surface area contributed by atoms with Crippen molar-refractivity contribution in [3.63, 3.8) is 0 Å². The van der Waals surface area contributed by atoms with Crippen molar-refractivity contribution in [1.29, 1.82) is 0 Å². The SMILES string of the molecule is CC(C)c1cc(Cl)cnn1.CC(C)c1ccc(F)nn1.Cc1ccc(C(C)C)nn1.Cc1cnnc(C(C)C)c1. The van der Waals surface area contributed by atoms with Crippen LogP contribution >= 0.6 is 11.6 Å². The molecule has 4 rings (SSSR count). The Morgan fingerprint density at radius 1 is 0.550 bits per heavy atom. The molecule has 0 spiro atoms. The topological polar surface area (TPSA) is 103 Å². The number of hydrogen-bond acceptors (Lipinski definition) is 8. The van der Waals surface area contributed by atoms with Gasteiger partial charge in [0.05, 0.1) is 45.9 Å². The van der Waals surface area contributed by atoms with Crippen molar-refractivity contribution in [1.82, 2.24) is 40.8 Å². The second-order valence-electron chi connectivity index (χ2n) is 10.5. The number of aromatic nitrogens is 8. The van der Waals surface area contributed by atoms with E-state index in [0.717, 1.165) is 28.5 Å². The van der Waals surface area contributed by atoms with Crippen molar-refractivity contribution in [2.45, 2.75) is 92.9 Å². The van der Waals surface area contributed by atoms with E-state index >= 15 is 0 Å². The van der Waals surface area contributed by atoms with E-state index in [9.17, 15) is 4.39 Å². The summed E-state index contributed by atoms with van der Waals surface area (Å²) in [7, 11) is 0. The maximum atomic E-state index is 12.2. The van der Waals surface area contributed by atoms with Crippen molar-refractivity contribution in [2.75, 3.05) is 0 Å². The third kappa shape index (κ3) is 14.1. The van der Waals surface area contributed by atoms with Gasteiger partial charge in [-0.2, -0.15) is 40.1 Å². The molecule has 0 aliphatic rings. The summed E-state index contributed by atoms with van der Waals surface area (Å²) in [5.41, 5.74) is 6.04. The highest BCUT2D eigenvalue weighted by Crippen LogP contribution is 2.14. The van der Waals surface area contributed by atoms with Gasteiger partial charge >= 0.3 is 0 Å². The fourth-order valence-electron chi connectivity index (χ4n) is 2.76. The zero-order valence-electron chi connectivity index (χ0n) is 25.3. The largest absolute Gasteiger partial charge is 0.233 e. The van der Waals surface area contributed by atoms with Crippen LogP contribution in [0.3, 0.4) is 0 Å². The van der Waals surface area contributed by atoms with Crippen LogP contribution in [0.4, 0.5) is 4.39 Å². The lowest BCUT2D eigenvalue weighted by molar-refractivity contribution is 0.555. The summed E-state index contributed by atoms with van der Waals surface area (Å²) in [6.45, 7) is 20.5. The summed E-state index contributed by atoms with van der Waals surface area (Å²) in [4.78, 5) is 0. The van der Waals surface area contributed by atoms with Crippen LogP contribution in [-0.2, 0) is 0 Å². The summed E-state index contributed by atoms with van der Waals surface area (Å²) in [5, 5.41) is 31.0. The molecule has 4 aromatic heterocycles. The van der Waals surface area contributed by atoms with Gasteiger partial charge in [-0.15, -0.1) is 5.10 Å². The minimum Gasteiger partial charge on any atom is -0.183 e. The number of nitrogens with zero attached hydrogens (tertiary/aromatic N) is 8. The maximum Gasteiger partial charge on any atom is 0.233 e. The number of rotatable bonds is 4. The minimum atomic E-state index is -0.524. The average Bonchev–Trinajstić information content (AvgIpc) is 2.90. The molecule has 0 fully saturated rings. The van der Waals surface area contributed by atoms with Gasteiger partial charge in [-0.3, -0.25) is 0 Å². The number of aryl methyl sites for hydroxylation is 2. The fraction of sp³-hybridized carbons (Fsp3) is 0.467. The van der Waals surface area contributed by atoms with Gasteiger partial charge in [0, 0.05) is 0 Å². The van der Waals surface area contributed by atoms with E-state index in [2.05, 4.69) is 88.4 Å².